The van der Waals surface area contributed by atoms with E-state index in [2.05, 4.69) is 51.6 Å². The number of nitrogens with one attached hydrogen (secondary N) is 1. The molecule has 1 fully saturated rings. The van der Waals surface area contributed by atoms with Crippen molar-refractivity contribution in [1.82, 2.24) is 25.0 Å². The van der Waals surface area contributed by atoms with Crippen molar-refractivity contribution in [2.24, 2.45) is 0 Å². The third-order valence-corrected chi connectivity index (χ3v) is 6.85. The summed E-state index contributed by atoms with van der Waals surface area (Å²) in [5.74, 6) is -0.0714. The Bertz CT molecular complexity index is 1170. The Morgan fingerprint density at radius 1 is 1.19 bits per heavy atom. The van der Waals surface area contributed by atoms with Crippen molar-refractivity contribution in [2.45, 2.75) is 25.3 Å². The molecular weight excluding hydrogens is 406 g/mol. The fourth-order valence-corrected chi connectivity index (χ4v) is 4.94. The molecule has 158 valence electrons. The van der Waals surface area contributed by atoms with Crippen LogP contribution in [0.5, 0.6) is 0 Å². The fraction of sp³-hybridized carbons (Fsp3) is 0.292. The van der Waals surface area contributed by atoms with Gasteiger partial charge in [0.25, 0.3) is 5.91 Å². The number of benzene rings is 1. The van der Waals surface area contributed by atoms with Gasteiger partial charge in [0.2, 0.25) is 0 Å². The molecule has 1 aliphatic heterocycles. The van der Waals surface area contributed by atoms with Crippen LogP contribution in [-0.2, 0) is 6.42 Å². The topological polar surface area (TPSA) is 63.1 Å². The van der Waals surface area contributed by atoms with E-state index in [1.54, 1.807) is 17.5 Å². The molecule has 0 bridgehead atoms. The van der Waals surface area contributed by atoms with Gasteiger partial charge < -0.3 is 10.2 Å². The molecule has 1 aliphatic rings. The van der Waals surface area contributed by atoms with Gasteiger partial charge in [-0.15, -0.1) is 11.3 Å². The molecule has 6 nitrogen and oxygen atoms in total. The average Bonchev–Trinajstić information content (AvgIpc) is 3.48. The largest absolute Gasteiger partial charge is 0.348 e. The van der Waals surface area contributed by atoms with Gasteiger partial charge in [0.1, 0.15) is 5.69 Å². The molecule has 31 heavy (non-hydrogen) atoms. The number of rotatable bonds is 5. The van der Waals surface area contributed by atoms with Crippen molar-refractivity contribution < 1.29 is 4.79 Å². The van der Waals surface area contributed by atoms with E-state index in [1.807, 2.05) is 34.5 Å². The molecule has 0 spiro atoms. The highest BCUT2D eigenvalue weighted by molar-refractivity contribution is 7.17. The third kappa shape index (κ3) is 4.38. The van der Waals surface area contributed by atoms with E-state index in [0.29, 0.717) is 5.69 Å². The summed E-state index contributed by atoms with van der Waals surface area (Å²) in [5.41, 5.74) is 4.76. The van der Waals surface area contributed by atoms with Gasteiger partial charge in [-0.3, -0.25) is 4.79 Å². The first-order valence-corrected chi connectivity index (χ1v) is 11.5. The van der Waals surface area contributed by atoms with Crippen molar-refractivity contribution in [3.8, 4) is 5.69 Å². The number of hydrogen-bond acceptors (Lipinski definition) is 5. The lowest BCUT2D eigenvalue weighted by molar-refractivity contribution is 0.0912. The second kappa shape index (κ2) is 8.61. The number of amides is 1. The zero-order valence-corrected chi connectivity index (χ0v) is 18.3. The highest BCUT2D eigenvalue weighted by Gasteiger charge is 2.21. The van der Waals surface area contributed by atoms with E-state index in [1.165, 1.54) is 5.56 Å². The number of hydrogen-bond donors (Lipinski definition) is 1. The van der Waals surface area contributed by atoms with Crippen LogP contribution in [0.15, 0.2) is 60.2 Å². The van der Waals surface area contributed by atoms with E-state index >= 15 is 0 Å². The minimum atomic E-state index is -0.0714. The standard InChI is InChI=1S/C24H25N5OS/c1-28-12-7-19(8-13-28)26-24(30)22-16-18(23-21(27-22)9-14-31-23)15-17-3-5-20(6-4-17)29-11-2-10-25-29/h2-6,9-11,14,16,19H,7-8,12-13,15H2,1H3,(H,26,30). The van der Waals surface area contributed by atoms with E-state index in [4.69, 9.17) is 0 Å². The lowest BCUT2D eigenvalue weighted by Gasteiger charge is -2.29. The minimum Gasteiger partial charge on any atom is -0.348 e. The van der Waals surface area contributed by atoms with Crippen LogP contribution in [0.1, 0.15) is 34.5 Å². The zero-order chi connectivity index (χ0) is 21.2. The van der Waals surface area contributed by atoms with Crippen LogP contribution in [-0.4, -0.2) is 51.8 Å². The molecule has 1 N–H and O–H groups in total. The summed E-state index contributed by atoms with van der Waals surface area (Å²) in [4.78, 5) is 19.9. The Morgan fingerprint density at radius 3 is 2.74 bits per heavy atom. The second-order valence-electron chi connectivity index (χ2n) is 8.15. The number of piperidine rings is 1. The predicted octanol–water partition coefficient (Wildman–Crippen LogP) is 3.90. The van der Waals surface area contributed by atoms with Crippen molar-refractivity contribution in [3.05, 3.63) is 77.1 Å². The van der Waals surface area contributed by atoms with Gasteiger partial charge in [0.05, 0.1) is 15.9 Å². The predicted molar refractivity (Wildman–Crippen MR) is 124 cm³/mol. The first-order valence-electron chi connectivity index (χ1n) is 10.6. The Balaban J connectivity index is 1.37. The number of thiophene rings is 1. The Labute approximate surface area is 185 Å². The Kier molecular flexibility index (Phi) is 5.53. The molecule has 3 aromatic heterocycles. The monoisotopic (exact) mass is 431 g/mol. The van der Waals surface area contributed by atoms with E-state index in [0.717, 1.165) is 53.8 Å². The minimum absolute atomic E-state index is 0.0714. The van der Waals surface area contributed by atoms with Gasteiger partial charge in [-0.25, -0.2) is 9.67 Å². The lowest BCUT2D eigenvalue weighted by Crippen LogP contribution is -2.43. The maximum atomic E-state index is 12.9. The van der Waals surface area contributed by atoms with Crippen LogP contribution < -0.4 is 5.32 Å². The normalized spacial score (nSPS) is 15.4. The molecule has 4 heterocycles. The Hall–Kier alpha value is -3.03. The highest BCUT2D eigenvalue weighted by Crippen LogP contribution is 2.27. The number of carbonyl (C=O) groups excluding carboxylic acids is 1. The van der Waals surface area contributed by atoms with Gasteiger partial charge in [0, 0.05) is 18.4 Å². The highest BCUT2D eigenvalue weighted by atomic mass is 32.1. The molecule has 0 unspecified atom stereocenters. The maximum absolute atomic E-state index is 12.9. The van der Waals surface area contributed by atoms with Gasteiger partial charge in [0.15, 0.2) is 0 Å². The van der Waals surface area contributed by atoms with Gasteiger partial charge in [-0.2, -0.15) is 5.10 Å². The quantitative estimate of drug-likeness (QED) is 0.521. The molecule has 0 saturated carbocycles. The number of nitrogens with zero attached hydrogens (tertiary/aromatic N) is 4. The number of likely N-dealkylation sites (tertiary alicyclic amines) is 1. The molecule has 1 saturated heterocycles. The van der Waals surface area contributed by atoms with Crippen LogP contribution in [0.4, 0.5) is 0 Å². The van der Waals surface area contributed by atoms with E-state index in [9.17, 15) is 4.79 Å². The van der Waals surface area contributed by atoms with E-state index < -0.39 is 0 Å². The van der Waals surface area contributed by atoms with Crippen LogP contribution >= 0.6 is 11.3 Å². The Morgan fingerprint density at radius 2 is 2.00 bits per heavy atom. The molecule has 0 radical (unpaired) electrons. The van der Waals surface area contributed by atoms with Crippen molar-refractivity contribution in [1.29, 1.82) is 0 Å². The summed E-state index contributed by atoms with van der Waals surface area (Å²) in [6, 6.07) is 14.5. The number of aromatic nitrogens is 3. The van der Waals surface area contributed by atoms with Gasteiger partial charge >= 0.3 is 0 Å². The SMILES string of the molecule is CN1CCC(NC(=O)c2cc(Cc3ccc(-n4cccn4)cc3)c3sccc3n2)CC1. The number of fused-ring (bicyclic) bond motifs is 1. The fourth-order valence-electron chi connectivity index (χ4n) is 4.09. The molecule has 5 rings (SSSR count). The second-order valence-corrected chi connectivity index (χ2v) is 9.06. The first-order chi connectivity index (χ1) is 15.2. The maximum Gasteiger partial charge on any atom is 0.270 e. The summed E-state index contributed by atoms with van der Waals surface area (Å²) < 4.78 is 2.99. The summed E-state index contributed by atoms with van der Waals surface area (Å²) in [6.45, 7) is 2.03. The van der Waals surface area contributed by atoms with Gasteiger partial charge in [-0.05, 0) is 86.2 Å². The number of pyridine rings is 1. The smallest absolute Gasteiger partial charge is 0.270 e. The van der Waals surface area contributed by atoms with Crippen molar-refractivity contribution in [2.75, 3.05) is 20.1 Å². The molecular formula is C24H25N5OS. The molecule has 7 heteroatoms. The summed E-state index contributed by atoms with van der Waals surface area (Å²) >= 11 is 1.68. The lowest BCUT2D eigenvalue weighted by atomic mass is 10.0. The molecule has 0 aliphatic carbocycles. The molecule has 1 aromatic carbocycles. The van der Waals surface area contributed by atoms with Crippen LogP contribution in [0.2, 0.25) is 0 Å². The average molecular weight is 432 g/mol. The number of carbonyl (C=O) groups is 1. The zero-order valence-electron chi connectivity index (χ0n) is 17.5. The molecule has 0 atom stereocenters. The summed E-state index contributed by atoms with van der Waals surface area (Å²) in [5, 5.41) is 9.51. The molecule has 1 amide bonds. The van der Waals surface area contributed by atoms with Crippen molar-refractivity contribution in [3.63, 3.8) is 0 Å². The third-order valence-electron chi connectivity index (χ3n) is 5.87. The first kappa shape index (κ1) is 19.9. The summed E-state index contributed by atoms with van der Waals surface area (Å²) in [6.07, 6.45) is 6.43. The van der Waals surface area contributed by atoms with Crippen LogP contribution in [0.3, 0.4) is 0 Å². The van der Waals surface area contributed by atoms with Crippen molar-refractivity contribution >= 4 is 27.5 Å². The molecule has 4 aromatic rings. The van der Waals surface area contributed by atoms with Gasteiger partial charge in [-0.1, -0.05) is 12.1 Å². The van der Waals surface area contributed by atoms with Crippen LogP contribution in [0.25, 0.3) is 15.9 Å². The summed E-state index contributed by atoms with van der Waals surface area (Å²) in [7, 11) is 2.12. The van der Waals surface area contributed by atoms with E-state index in [-0.39, 0.29) is 11.9 Å². The van der Waals surface area contributed by atoms with Crippen LogP contribution in [0, 0.1) is 0 Å².